The first kappa shape index (κ1) is 9.68. The Hall–Kier alpha value is -0.410. The minimum atomic E-state index is 0.316. The maximum absolute atomic E-state index is 11.2. The van der Waals surface area contributed by atoms with Gasteiger partial charge in [0.15, 0.2) is 0 Å². The molecule has 0 aromatic rings. The number of ketones is 1. The van der Waals surface area contributed by atoms with E-state index in [0.717, 1.165) is 6.54 Å². The molecule has 2 N–H and O–H groups in total. The van der Waals surface area contributed by atoms with Crippen LogP contribution in [0.4, 0.5) is 0 Å². The molecule has 1 saturated heterocycles. The van der Waals surface area contributed by atoms with Gasteiger partial charge in [0.05, 0.1) is 0 Å². The molecule has 0 saturated carbocycles. The Morgan fingerprint density at radius 1 is 1.67 bits per heavy atom. The van der Waals surface area contributed by atoms with Gasteiger partial charge in [-0.25, -0.2) is 0 Å². The van der Waals surface area contributed by atoms with Gasteiger partial charge in [0.2, 0.25) is 0 Å². The van der Waals surface area contributed by atoms with Crippen molar-refractivity contribution in [2.24, 2.45) is 5.73 Å². The van der Waals surface area contributed by atoms with Crippen LogP contribution in [0.25, 0.3) is 0 Å². The van der Waals surface area contributed by atoms with Gasteiger partial charge in [-0.15, -0.1) is 0 Å². The summed E-state index contributed by atoms with van der Waals surface area (Å²) in [6, 6.07) is 0.490. The van der Waals surface area contributed by atoms with Crippen molar-refractivity contribution in [1.29, 1.82) is 0 Å². The molecule has 0 spiro atoms. The number of hydrogen-bond donors (Lipinski definition) is 1. The molecule has 70 valence electrons. The smallest absolute Gasteiger partial charge is 0.135 e. The zero-order valence-electron chi connectivity index (χ0n) is 7.75. The monoisotopic (exact) mass is 170 g/mol. The summed E-state index contributed by atoms with van der Waals surface area (Å²) >= 11 is 0. The lowest BCUT2D eigenvalue weighted by Gasteiger charge is -2.17. The maximum atomic E-state index is 11.2. The van der Waals surface area contributed by atoms with E-state index < -0.39 is 0 Å². The molecule has 0 aromatic carbocycles. The third-order valence-corrected chi connectivity index (χ3v) is 2.56. The largest absolute Gasteiger partial charge is 0.330 e. The predicted molar refractivity (Wildman–Crippen MR) is 48.9 cm³/mol. The molecule has 1 atom stereocenters. The predicted octanol–water partition coefficient (Wildman–Crippen LogP) is 0.389. The van der Waals surface area contributed by atoms with Crippen molar-refractivity contribution >= 4 is 5.78 Å². The van der Waals surface area contributed by atoms with Crippen LogP contribution in [-0.4, -0.2) is 36.9 Å². The zero-order chi connectivity index (χ0) is 8.97. The molecule has 0 aromatic heterocycles. The van der Waals surface area contributed by atoms with Crippen molar-refractivity contribution < 1.29 is 4.79 Å². The number of carbonyl (C=O) groups is 1. The number of nitrogens with two attached hydrogens (primary N) is 1. The number of nitrogens with zero attached hydrogens (tertiary/aromatic N) is 1. The van der Waals surface area contributed by atoms with Crippen molar-refractivity contribution in [2.45, 2.75) is 31.7 Å². The van der Waals surface area contributed by atoms with Crippen LogP contribution in [0.2, 0.25) is 0 Å². The van der Waals surface area contributed by atoms with Gasteiger partial charge in [0, 0.05) is 18.9 Å². The van der Waals surface area contributed by atoms with Crippen molar-refractivity contribution in [3.05, 3.63) is 0 Å². The SMILES string of the molecule is CN1CCCC1CC(=O)CCN. The Morgan fingerprint density at radius 3 is 2.92 bits per heavy atom. The van der Waals surface area contributed by atoms with E-state index in [1.165, 1.54) is 12.8 Å². The average molecular weight is 170 g/mol. The fourth-order valence-electron chi connectivity index (χ4n) is 1.76. The topological polar surface area (TPSA) is 46.3 Å². The molecule has 3 nitrogen and oxygen atoms in total. The van der Waals surface area contributed by atoms with E-state index in [4.69, 9.17) is 5.73 Å². The molecular weight excluding hydrogens is 152 g/mol. The van der Waals surface area contributed by atoms with Gasteiger partial charge < -0.3 is 10.6 Å². The van der Waals surface area contributed by atoms with Gasteiger partial charge in [0.25, 0.3) is 0 Å². The highest BCUT2D eigenvalue weighted by atomic mass is 16.1. The Labute approximate surface area is 73.9 Å². The molecule has 0 bridgehead atoms. The molecule has 1 aliphatic rings. The van der Waals surface area contributed by atoms with Crippen LogP contribution in [-0.2, 0) is 4.79 Å². The lowest BCUT2D eigenvalue weighted by atomic mass is 10.1. The van der Waals surface area contributed by atoms with Crippen LogP contribution in [0.15, 0.2) is 0 Å². The van der Waals surface area contributed by atoms with Gasteiger partial charge in [-0.3, -0.25) is 4.79 Å². The normalized spacial score (nSPS) is 24.7. The molecule has 1 fully saturated rings. The Morgan fingerprint density at radius 2 is 2.42 bits per heavy atom. The number of rotatable bonds is 4. The van der Waals surface area contributed by atoms with Gasteiger partial charge in [0.1, 0.15) is 5.78 Å². The third-order valence-electron chi connectivity index (χ3n) is 2.56. The van der Waals surface area contributed by atoms with Crippen LogP contribution in [0.5, 0.6) is 0 Å². The van der Waals surface area contributed by atoms with E-state index in [9.17, 15) is 4.79 Å². The summed E-state index contributed by atoms with van der Waals surface area (Å²) in [4.78, 5) is 13.5. The molecule has 0 amide bonds. The summed E-state index contributed by atoms with van der Waals surface area (Å²) in [7, 11) is 2.09. The zero-order valence-corrected chi connectivity index (χ0v) is 7.75. The Bertz CT molecular complexity index is 159. The lowest BCUT2D eigenvalue weighted by molar-refractivity contribution is -0.119. The van der Waals surface area contributed by atoms with Crippen LogP contribution < -0.4 is 5.73 Å². The number of hydrogen-bond acceptors (Lipinski definition) is 3. The van der Waals surface area contributed by atoms with Gasteiger partial charge in [-0.1, -0.05) is 0 Å². The minimum absolute atomic E-state index is 0.316. The highest BCUT2D eigenvalue weighted by molar-refractivity contribution is 5.79. The summed E-state index contributed by atoms with van der Waals surface area (Å²) in [5.74, 6) is 0.316. The standard InChI is InChI=1S/C9H18N2O/c1-11-6-2-3-8(11)7-9(12)4-5-10/h8H,2-7,10H2,1H3. The fourth-order valence-corrected chi connectivity index (χ4v) is 1.76. The Kier molecular flexibility index (Phi) is 3.69. The fraction of sp³-hybridized carbons (Fsp3) is 0.889. The first-order valence-electron chi connectivity index (χ1n) is 4.66. The number of Topliss-reactive ketones (excluding diaryl/α,β-unsaturated/α-hetero) is 1. The van der Waals surface area contributed by atoms with Gasteiger partial charge >= 0.3 is 0 Å². The molecule has 0 radical (unpaired) electrons. The van der Waals surface area contributed by atoms with Crippen molar-refractivity contribution in [3.63, 3.8) is 0 Å². The molecule has 1 heterocycles. The van der Waals surface area contributed by atoms with Crippen molar-refractivity contribution in [3.8, 4) is 0 Å². The van der Waals surface area contributed by atoms with Crippen molar-refractivity contribution in [2.75, 3.05) is 20.1 Å². The summed E-state index contributed by atoms with van der Waals surface area (Å²) in [5.41, 5.74) is 5.30. The van der Waals surface area contributed by atoms with Crippen LogP contribution in [0, 0.1) is 0 Å². The molecule has 1 rings (SSSR count). The first-order chi connectivity index (χ1) is 5.74. The molecule has 1 aliphatic heterocycles. The highest BCUT2D eigenvalue weighted by Gasteiger charge is 2.22. The lowest BCUT2D eigenvalue weighted by Crippen LogP contribution is -2.27. The van der Waals surface area contributed by atoms with E-state index in [-0.39, 0.29) is 0 Å². The molecule has 3 heteroatoms. The average Bonchev–Trinajstić information content (AvgIpc) is 2.37. The Balaban J connectivity index is 2.25. The number of carbonyl (C=O) groups excluding carboxylic acids is 1. The third kappa shape index (κ3) is 2.57. The maximum Gasteiger partial charge on any atom is 0.135 e. The van der Waals surface area contributed by atoms with Crippen LogP contribution in [0.3, 0.4) is 0 Å². The van der Waals surface area contributed by atoms with E-state index in [0.29, 0.717) is 31.2 Å². The van der Waals surface area contributed by atoms with E-state index in [1.807, 2.05) is 0 Å². The molecule has 0 aliphatic carbocycles. The first-order valence-corrected chi connectivity index (χ1v) is 4.66. The summed E-state index contributed by atoms with van der Waals surface area (Å²) < 4.78 is 0. The van der Waals surface area contributed by atoms with E-state index >= 15 is 0 Å². The summed E-state index contributed by atoms with van der Waals surface area (Å²) in [6.07, 6.45) is 3.65. The second-order valence-corrected chi connectivity index (χ2v) is 3.56. The minimum Gasteiger partial charge on any atom is -0.330 e. The quantitative estimate of drug-likeness (QED) is 0.664. The van der Waals surface area contributed by atoms with Gasteiger partial charge in [-0.05, 0) is 33.0 Å². The summed E-state index contributed by atoms with van der Waals surface area (Å²) in [6.45, 7) is 1.63. The molecule has 1 unspecified atom stereocenters. The highest BCUT2D eigenvalue weighted by Crippen LogP contribution is 2.18. The molecule has 12 heavy (non-hydrogen) atoms. The second kappa shape index (κ2) is 4.58. The molecular formula is C9H18N2O. The second-order valence-electron chi connectivity index (χ2n) is 3.56. The number of likely N-dealkylation sites (tertiary alicyclic amines) is 1. The van der Waals surface area contributed by atoms with Crippen LogP contribution >= 0.6 is 0 Å². The van der Waals surface area contributed by atoms with Crippen molar-refractivity contribution in [1.82, 2.24) is 4.90 Å². The van der Waals surface area contributed by atoms with Crippen LogP contribution in [0.1, 0.15) is 25.7 Å². The summed E-state index contributed by atoms with van der Waals surface area (Å²) in [5, 5.41) is 0. The van der Waals surface area contributed by atoms with Gasteiger partial charge in [-0.2, -0.15) is 0 Å². The van der Waals surface area contributed by atoms with E-state index in [1.54, 1.807) is 0 Å². The van der Waals surface area contributed by atoms with E-state index in [2.05, 4.69) is 11.9 Å².